The van der Waals surface area contributed by atoms with Crippen LogP contribution in [0.1, 0.15) is 235 Å². The zero-order valence-electron chi connectivity index (χ0n) is 42.3. The fourth-order valence-electron chi connectivity index (χ4n) is 6.63. The van der Waals surface area contributed by atoms with E-state index in [1.54, 1.807) is 20.8 Å². The van der Waals surface area contributed by atoms with Gasteiger partial charge < -0.3 is 29.4 Å². The molecule has 0 rings (SSSR count). The summed E-state index contributed by atoms with van der Waals surface area (Å²) in [5.74, 6) is -1.78. The number of carboxylic acid groups (broad SMARTS) is 1. The summed E-state index contributed by atoms with van der Waals surface area (Å²) in [4.78, 5) is 56.0. The summed E-state index contributed by atoms with van der Waals surface area (Å²) >= 11 is 0. The first-order chi connectivity index (χ1) is 31.5. The van der Waals surface area contributed by atoms with Gasteiger partial charge in [-0.1, -0.05) is 174 Å². The quantitative estimate of drug-likeness (QED) is 0.0174. The maximum absolute atomic E-state index is 12.3. The number of rotatable bonds is 48. The van der Waals surface area contributed by atoms with Gasteiger partial charge in [-0.2, -0.15) is 0 Å². The highest BCUT2D eigenvalue weighted by Gasteiger charge is 2.21. The Balaban J connectivity index is -0.00000175. The number of carbonyl (C=O) groups is 4. The number of esters is 1. The fourth-order valence-corrected chi connectivity index (χ4v) is 6.63. The lowest BCUT2D eigenvalue weighted by Crippen LogP contribution is -2.38. The van der Waals surface area contributed by atoms with Gasteiger partial charge in [0.05, 0.1) is 18.8 Å². The number of allylic oxidation sites excluding steroid dienone is 4. The van der Waals surface area contributed by atoms with E-state index in [0.29, 0.717) is 6.42 Å². The van der Waals surface area contributed by atoms with Gasteiger partial charge in [-0.15, -0.1) is 0 Å². The Morgan fingerprint density at radius 2 is 1.08 bits per heavy atom. The monoisotopic (exact) mass is 943 g/mol. The van der Waals surface area contributed by atoms with Crippen LogP contribution in [0.15, 0.2) is 24.3 Å². The lowest BCUT2D eigenvalue weighted by molar-refractivity contribution is -0.196. The second-order valence-corrected chi connectivity index (χ2v) is 17.7. The standard InChI is InChI=1S/C34H62N2O11.C18H36.CH4/c1-5-6-7-8-9-10-11-12-13-14-15-16-17-18-19-20-32(40)47-30(25-42-28-37)26-46-36-45-24-22-35-33(41)29(2)43-23-21-34(3,4)44-27-31(38)39;1-3-5-7-9-11-13-15-17-18-16-14-12-10-8-6-4-2;/h12-13,28-30,36H,5-11,14-27H2,1-4H3,(H,35,41)(H,38,39);17-18H,3-16H2,1-2H3;1H4/b13-12-;18-17-;. The van der Waals surface area contributed by atoms with Gasteiger partial charge in [-0.05, 0) is 85.0 Å². The smallest absolute Gasteiger partial charge is 0.329 e. The molecule has 0 aromatic rings. The van der Waals surface area contributed by atoms with Crippen LogP contribution >= 0.6 is 0 Å². The molecule has 13 heteroatoms. The van der Waals surface area contributed by atoms with Gasteiger partial charge >= 0.3 is 11.9 Å². The number of aliphatic carboxylic acids is 1. The van der Waals surface area contributed by atoms with Crippen LogP contribution in [0.2, 0.25) is 0 Å². The Hall–Kier alpha value is -2.84. The lowest BCUT2D eigenvalue weighted by Gasteiger charge is -2.25. The first-order valence-electron chi connectivity index (χ1n) is 25.8. The van der Waals surface area contributed by atoms with Gasteiger partial charge in [0.25, 0.3) is 6.47 Å². The summed E-state index contributed by atoms with van der Waals surface area (Å²) in [5, 5.41) is 11.4. The van der Waals surface area contributed by atoms with Crippen LogP contribution in [0.4, 0.5) is 0 Å². The molecule has 0 spiro atoms. The van der Waals surface area contributed by atoms with Gasteiger partial charge in [0.2, 0.25) is 5.91 Å². The van der Waals surface area contributed by atoms with Crippen molar-refractivity contribution in [2.24, 2.45) is 0 Å². The topological polar surface area (TPSA) is 168 Å². The number of amides is 1. The number of unbranched alkanes of at least 4 members (excludes halogenated alkanes) is 23. The predicted molar refractivity (Wildman–Crippen MR) is 269 cm³/mol. The van der Waals surface area contributed by atoms with Crippen LogP contribution in [0.3, 0.4) is 0 Å². The minimum Gasteiger partial charge on any atom is -0.480 e. The van der Waals surface area contributed by atoms with Gasteiger partial charge in [-0.3, -0.25) is 24.1 Å². The van der Waals surface area contributed by atoms with Crippen molar-refractivity contribution in [1.29, 1.82) is 0 Å². The van der Waals surface area contributed by atoms with Crippen LogP contribution in [0, 0.1) is 0 Å². The molecule has 0 aliphatic rings. The normalized spacial score (nSPS) is 12.3. The second-order valence-electron chi connectivity index (χ2n) is 17.7. The third kappa shape index (κ3) is 53.8. The molecule has 0 fully saturated rings. The van der Waals surface area contributed by atoms with Crippen molar-refractivity contribution in [2.75, 3.05) is 39.6 Å². The number of hydrogen-bond acceptors (Lipinski definition) is 11. The third-order valence-electron chi connectivity index (χ3n) is 10.8. The summed E-state index contributed by atoms with van der Waals surface area (Å²) < 4.78 is 20.9. The molecule has 0 saturated carbocycles. The molecule has 0 aliphatic carbocycles. The Labute approximate surface area is 403 Å². The summed E-state index contributed by atoms with van der Waals surface area (Å²) in [6.45, 7) is 11.9. The Morgan fingerprint density at radius 1 is 0.621 bits per heavy atom. The van der Waals surface area contributed by atoms with Crippen LogP contribution in [-0.2, 0) is 47.8 Å². The number of nitrogens with one attached hydrogen (secondary N) is 2. The van der Waals surface area contributed by atoms with E-state index >= 15 is 0 Å². The summed E-state index contributed by atoms with van der Waals surface area (Å²) in [6.07, 6.45) is 43.5. The minimum absolute atomic E-state index is 0. The number of carboxylic acids is 1. The van der Waals surface area contributed by atoms with E-state index in [0.717, 1.165) is 38.5 Å². The Morgan fingerprint density at radius 3 is 1.53 bits per heavy atom. The maximum Gasteiger partial charge on any atom is 0.329 e. The van der Waals surface area contributed by atoms with Crippen LogP contribution in [0.5, 0.6) is 0 Å². The number of ether oxygens (including phenoxy) is 4. The van der Waals surface area contributed by atoms with E-state index in [2.05, 4.69) is 56.0 Å². The summed E-state index contributed by atoms with van der Waals surface area (Å²) in [5.41, 5.74) is 1.56. The first kappa shape index (κ1) is 67.4. The SMILES string of the molecule is C.CCCCCCCC/C=C\CCCCCCCC.CCCCCCCC/C=C\CCCCCCCC(=O)OC(COC=O)CONOCCNC(=O)C(C)OCCC(C)(C)OCC(=O)O. The lowest BCUT2D eigenvalue weighted by atomic mass is 10.1. The van der Waals surface area contributed by atoms with Crippen molar-refractivity contribution in [3.05, 3.63) is 24.3 Å². The number of carbonyl (C=O) groups excluding carboxylic acids is 3. The molecular weight excluding hydrogens is 841 g/mol. The van der Waals surface area contributed by atoms with Gasteiger partial charge in [-0.25, -0.2) is 4.79 Å². The fraction of sp³-hybridized carbons (Fsp3) is 0.849. The average Bonchev–Trinajstić information content (AvgIpc) is 3.28. The Bertz CT molecular complexity index is 1120. The van der Waals surface area contributed by atoms with Crippen molar-refractivity contribution in [2.45, 2.75) is 253 Å². The second kappa shape index (κ2) is 53.1. The van der Waals surface area contributed by atoms with Crippen LogP contribution in [0.25, 0.3) is 0 Å². The molecule has 3 N–H and O–H groups in total. The first-order valence-corrected chi connectivity index (χ1v) is 25.8. The van der Waals surface area contributed by atoms with E-state index in [9.17, 15) is 19.2 Å². The Kier molecular flexibility index (Phi) is 54.3. The number of hydrogen-bond donors (Lipinski definition) is 3. The van der Waals surface area contributed by atoms with Gasteiger partial charge in [0.15, 0.2) is 6.10 Å². The highest BCUT2D eigenvalue weighted by molar-refractivity contribution is 5.80. The molecule has 390 valence electrons. The minimum atomic E-state index is -1.05. The average molecular weight is 943 g/mol. The van der Waals surface area contributed by atoms with Crippen molar-refractivity contribution in [3.8, 4) is 0 Å². The van der Waals surface area contributed by atoms with E-state index < -0.39 is 30.4 Å². The van der Waals surface area contributed by atoms with Crippen molar-refractivity contribution in [1.82, 2.24) is 11.0 Å². The molecule has 0 aromatic heterocycles. The molecular formula is C53H102N2O11. The van der Waals surface area contributed by atoms with E-state index in [1.165, 1.54) is 135 Å². The van der Waals surface area contributed by atoms with Crippen molar-refractivity contribution >= 4 is 24.3 Å². The molecule has 0 aliphatic heterocycles. The molecule has 0 heterocycles. The highest BCUT2D eigenvalue weighted by atomic mass is 16.9. The third-order valence-corrected chi connectivity index (χ3v) is 10.8. The van der Waals surface area contributed by atoms with Crippen molar-refractivity contribution < 1.29 is 52.9 Å². The van der Waals surface area contributed by atoms with Gasteiger partial charge in [0, 0.05) is 13.0 Å². The zero-order chi connectivity index (χ0) is 48.3. The predicted octanol–water partition coefficient (Wildman–Crippen LogP) is 13.0. The summed E-state index contributed by atoms with van der Waals surface area (Å²) in [7, 11) is 0. The van der Waals surface area contributed by atoms with Crippen LogP contribution < -0.4 is 11.0 Å². The van der Waals surface area contributed by atoms with E-state index in [4.69, 9.17) is 33.7 Å². The van der Waals surface area contributed by atoms with Crippen LogP contribution in [-0.4, -0.2) is 86.8 Å². The molecule has 0 bridgehead atoms. The zero-order valence-corrected chi connectivity index (χ0v) is 42.3. The van der Waals surface area contributed by atoms with E-state index in [-0.39, 0.29) is 65.2 Å². The molecule has 1 amide bonds. The molecule has 0 radical (unpaired) electrons. The van der Waals surface area contributed by atoms with Gasteiger partial charge in [0.1, 0.15) is 25.9 Å². The molecule has 2 unspecified atom stereocenters. The molecule has 0 saturated heterocycles. The molecule has 2 atom stereocenters. The molecule has 13 nitrogen and oxygen atoms in total. The largest absolute Gasteiger partial charge is 0.480 e. The van der Waals surface area contributed by atoms with Crippen molar-refractivity contribution in [3.63, 3.8) is 0 Å². The highest BCUT2D eigenvalue weighted by Crippen LogP contribution is 2.15. The maximum atomic E-state index is 12.3. The van der Waals surface area contributed by atoms with E-state index in [1.807, 2.05) is 0 Å². The molecule has 66 heavy (non-hydrogen) atoms. The molecule has 0 aromatic carbocycles. The summed E-state index contributed by atoms with van der Waals surface area (Å²) in [6, 6.07) is 0.